The third kappa shape index (κ3) is 12.0. The van der Waals surface area contributed by atoms with Gasteiger partial charge in [-0.2, -0.15) is 0 Å². The van der Waals surface area contributed by atoms with Crippen molar-refractivity contribution in [3.8, 4) is 0 Å². The van der Waals surface area contributed by atoms with Gasteiger partial charge in [-0.1, -0.05) is 65.2 Å². The fourth-order valence-corrected chi connectivity index (χ4v) is 1.90. The SMILES string of the molecule is CCCCCCCCC[C@@H](C)OCCCC. The van der Waals surface area contributed by atoms with E-state index in [2.05, 4.69) is 20.8 Å². The molecule has 0 aromatic carbocycles. The van der Waals surface area contributed by atoms with Gasteiger partial charge in [0.25, 0.3) is 0 Å². The summed E-state index contributed by atoms with van der Waals surface area (Å²) in [4.78, 5) is 0. The smallest absolute Gasteiger partial charge is 0.0547 e. The molecule has 1 atom stereocenters. The van der Waals surface area contributed by atoms with Crippen LogP contribution >= 0.6 is 0 Å². The van der Waals surface area contributed by atoms with Crippen LogP contribution in [0.5, 0.6) is 0 Å². The summed E-state index contributed by atoms with van der Waals surface area (Å²) in [6, 6.07) is 0. The van der Waals surface area contributed by atoms with Crippen molar-refractivity contribution >= 4 is 0 Å². The van der Waals surface area contributed by atoms with Crippen molar-refractivity contribution in [2.75, 3.05) is 6.61 Å². The number of hydrogen-bond acceptors (Lipinski definition) is 1. The van der Waals surface area contributed by atoms with Gasteiger partial charge in [0.2, 0.25) is 0 Å². The Morgan fingerprint density at radius 2 is 1.31 bits per heavy atom. The summed E-state index contributed by atoms with van der Waals surface area (Å²) in [5, 5.41) is 0. The molecule has 0 saturated carbocycles. The van der Waals surface area contributed by atoms with Gasteiger partial charge in [0.1, 0.15) is 0 Å². The molecular weight excluding hydrogens is 196 g/mol. The fraction of sp³-hybridized carbons (Fsp3) is 1.00. The summed E-state index contributed by atoms with van der Waals surface area (Å²) in [7, 11) is 0. The molecule has 16 heavy (non-hydrogen) atoms. The molecule has 0 amide bonds. The van der Waals surface area contributed by atoms with E-state index in [1.165, 1.54) is 64.2 Å². The Hall–Kier alpha value is -0.0400. The maximum absolute atomic E-state index is 5.73. The fourth-order valence-electron chi connectivity index (χ4n) is 1.90. The third-order valence-corrected chi connectivity index (χ3v) is 3.11. The van der Waals surface area contributed by atoms with Crippen molar-refractivity contribution in [3.63, 3.8) is 0 Å². The highest BCUT2D eigenvalue weighted by Crippen LogP contribution is 2.11. The van der Waals surface area contributed by atoms with Crippen LogP contribution in [0.1, 0.15) is 85.0 Å². The molecule has 0 heterocycles. The summed E-state index contributed by atoms with van der Waals surface area (Å²) in [5.41, 5.74) is 0. The first-order chi connectivity index (χ1) is 7.81. The molecule has 1 heteroatoms. The zero-order valence-electron chi connectivity index (χ0n) is 11.8. The predicted molar refractivity (Wildman–Crippen MR) is 72.9 cm³/mol. The van der Waals surface area contributed by atoms with Crippen LogP contribution in [0.3, 0.4) is 0 Å². The number of rotatable bonds is 12. The van der Waals surface area contributed by atoms with Crippen LogP contribution in [0.25, 0.3) is 0 Å². The van der Waals surface area contributed by atoms with Crippen molar-refractivity contribution in [1.29, 1.82) is 0 Å². The normalized spacial score (nSPS) is 12.9. The molecule has 0 fully saturated rings. The molecule has 0 saturated heterocycles. The lowest BCUT2D eigenvalue weighted by atomic mass is 10.1. The first kappa shape index (κ1) is 16.0. The molecule has 0 spiro atoms. The summed E-state index contributed by atoms with van der Waals surface area (Å²) in [5.74, 6) is 0. The Balaban J connectivity index is 3.06. The second-order valence-electron chi connectivity index (χ2n) is 4.94. The lowest BCUT2D eigenvalue weighted by Gasteiger charge is -2.12. The van der Waals surface area contributed by atoms with E-state index in [0.29, 0.717) is 6.10 Å². The summed E-state index contributed by atoms with van der Waals surface area (Å²) >= 11 is 0. The van der Waals surface area contributed by atoms with Crippen LogP contribution in [-0.2, 0) is 4.74 Å². The van der Waals surface area contributed by atoms with Gasteiger partial charge in [-0.25, -0.2) is 0 Å². The molecule has 0 bridgehead atoms. The van der Waals surface area contributed by atoms with Crippen LogP contribution in [0.15, 0.2) is 0 Å². The Morgan fingerprint density at radius 3 is 1.94 bits per heavy atom. The van der Waals surface area contributed by atoms with E-state index in [1.54, 1.807) is 0 Å². The minimum absolute atomic E-state index is 0.474. The Bertz CT molecular complexity index is 123. The molecule has 98 valence electrons. The molecule has 0 radical (unpaired) electrons. The molecule has 0 rings (SSSR count). The van der Waals surface area contributed by atoms with E-state index in [1.807, 2.05) is 0 Å². The molecule has 1 nitrogen and oxygen atoms in total. The Labute approximate surface area is 103 Å². The summed E-state index contributed by atoms with van der Waals surface area (Å²) < 4.78 is 5.73. The van der Waals surface area contributed by atoms with Gasteiger partial charge < -0.3 is 4.74 Å². The zero-order valence-corrected chi connectivity index (χ0v) is 11.8. The first-order valence-corrected chi connectivity index (χ1v) is 7.42. The Kier molecular flexibility index (Phi) is 13.0. The molecule has 0 unspecified atom stereocenters. The number of ether oxygens (including phenoxy) is 1. The largest absolute Gasteiger partial charge is 0.379 e. The van der Waals surface area contributed by atoms with Crippen molar-refractivity contribution < 1.29 is 4.74 Å². The standard InChI is InChI=1S/C15H32O/c1-4-6-8-9-10-11-12-13-15(3)16-14-7-5-2/h15H,4-14H2,1-3H3/t15-/m1/s1. The molecule has 0 aliphatic heterocycles. The topological polar surface area (TPSA) is 9.23 Å². The molecule has 0 aromatic rings. The predicted octanol–water partition coefficient (Wildman–Crippen LogP) is 5.33. The van der Waals surface area contributed by atoms with Crippen LogP contribution in [0.4, 0.5) is 0 Å². The monoisotopic (exact) mass is 228 g/mol. The number of unbranched alkanes of at least 4 members (excludes halogenated alkanes) is 7. The number of hydrogen-bond donors (Lipinski definition) is 0. The van der Waals surface area contributed by atoms with Crippen LogP contribution < -0.4 is 0 Å². The maximum atomic E-state index is 5.73. The summed E-state index contributed by atoms with van der Waals surface area (Å²) in [6.07, 6.45) is 14.0. The quantitative estimate of drug-likeness (QED) is 0.410. The highest BCUT2D eigenvalue weighted by Gasteiger charge is 2.01. The highest BCUT2D eigenvalue weighted by atomic mass is 16.5. The van der Waals surface area contributed by atoms with E-state index in [-0.39, 0.29) is 0 Å². The minimum Gasteiger partial charge on any atom is -0.379 e. The van der Waals surface area contributed by atoms with E-state index < -0.39 is 0 Å². The van der Waals surface area contributed by atoms with Gasteiger partial charge in [-0.15, -0.1) is 0 Å². The lowest BCUT2D eigenvalue weighted by molar-refractivity contribution is 0.0565. The lowest BCUT2D eigenvalue weighted by Crippen LogP contribution is -2.08. The van der Waals surface area contributed by atoms with Gasteiger partial charge in [-0.05, 0) is 19.8 Å². The van der Waals surface area contributed by atoms with Gasteiger partial charge in [0.05, 0.1) is 6.10 Å². The van der Waals surface area contributed by atoms with Crippen LogP contribution in [0, 0.1) is 0 Å². The van der Waals surface area contributed by atoms with Gasteiger partial charge in [0, 0.05) is 6.61 Å². The second kappa shape index (κ2) is 13.0. The average Bonchev–Trinajstić information content (AvgIpc) is 2.28. The molecule has 0 aliphatic rings. The average molecular weight is 228 g/mol. The van der Waals surface area contributed by atoms with Gasteiger partial charge >= 0.3 is 0 Å². The van der Waals surface area contributed by atoms with E-state index in [9.17, 15) is 0 Å². The maximum Gasteiger partial charge on any atom is 0.0547 e. The summed E-state index contributed by atoms with van der Waals surface area (Å²) in [6.45, 7) is 7.65. The van der Waals surface area contributed by atoms with Crippen LogP contribution in [0.2, 0.25) is 0 Å². The van der Waals surface area contributed by atoms with Crippen molar-refractivity contribution in [2.45, 2.75) is 91.1 Å². The van der Waals surface area contributed by atoms with E-state index >= 15 is 0 Å². The molecular formula is C15H32O. The van der Waals surface area contributed by atoms with E-state index in [4.69, 9.17) is 4.74 Å². The highest BCUT2D eigenvalue weighted by molar-refractivity contribution is 4.52. The van der Waals surface area contributed by atoms with Crippen LogP contribution in [-0.4, -0.2) is 12.7 Å². The van der Waals surface area contributed by atoms with Gasteiger partial charge in [0.15, 0.2) is 0 Å². The van der Waals surface area contributed by atoms with Gasteiger partial charge in [-0.3, -0.25) is 0 Å². The van der Waals surface area contributed by atoms with E-state index in [0.717, 1.165) is 6.61 Å². The minimum atomic E-state index is 0.474. The van der Waals surface area contributed by atoms with Crippen molar-refractivity contribution in [2.24, 2.45) is 0 Å². The Morgan fingerprint density at radius 1 is 0.750 bits per heavy atom. The molecule has 0 aromatic heterocycles. The second-order valence-corrected chi connectivity index (χ2v) is 4.94. The first-order valence-electron chi connectivity index (χ1n) is 7.42. The van der Waals surface area contributed by atoms with Crippen molar-refractivity contribution in [1.82, 2.24) is 0 Å². The zero-order chi connectivity index (χ0) is 12.1. The van der Waals surface area contributed by atoms with Crippen molar-refractivity contribution in [3.05, 3.63) is 0 Å². The molecule has 0 aliphatic carbocycles. The molecule has 0 N–H and O–H groups in total. The third-order valence-electron chi connectivity index (χ3n) is 3.11.